The lowest BCUT2D eigenvalue weighted by atomic mass is 10.1. The molecular weight excluding hydrogens is 297 g/mol. The average molecular weight is 310 g/mol. The second-order valence-electron chi connectivity index (χ2n) is 4.13. The maximum absolute atomic E-state index is 12.8. The van der Waals surface area contributed by atoms with Crippen LogP contribution < -0.4 is 4.72 Å². The Hall–Kier alpha value is -1.18. The van der Waals surface area contributed by atoms with Crippen molar-refractivity contribution in [3.63, 3.8) is 0 Å². The SMILES string of the molecule is CC(CNS(=O)(=O)c1ccc(F)cc1Cl)CC(=O)O. The fourth-order valence-corrected chi connectivity index (χ4v) is 3.09. The molecule has 5 nitrogen and oxygen atoms in total. The molecule has 0 amide bonds. The number of carboxylic acid groups (broad SMARTS) is 1. The number of halogens is 2. The summed E-state index contributed by atoms with van der Waals surface area (Å²) in [5.74, 6) is -2.01. The summed E-state index contributed by atoms with van der Waals surface area (Å²) in [6.45, 7) is 1.56. The first-order valence-corrected chi connectivity index (χ1v) is 7.25. The number of benzene rings is 1. The summed E-state index contributed by atoms with van der Waals surface area (Å²) >= 11 is 5.66. The first-order chi connectivity index (χ1) is 8.72. The predicted molar refractivity (Wildman–Crippen MR) is 68.0 cm³/mol. The Bertz CT molecular complexity index is 576. The van der Waals surface area contributed by atoms with Crippen molar-refractivity contribution >= 4 is 27.6 Å². The quantitative estimate of drug-likeness (QED) is 0.840. The molecule has 1 rings (SSSR count). The molecular formula is C11H13ClFNO4S. The molecule has 0 spiro atoms. The van der Waals surface area contributed by atoms with Crippen LogP contribution in [0.2, 0.25) is 5.02 Å². The smallest absolute Gasteiger partial charge is 0.303 e. The van der Waals surface area contributed by atoms with Crippen molar-refractivity contribution in [1.82, 2.24) is 4.72 Å². The summed E-state index contributed by atoms with van der Waals surface area (Å²) < 4.78 is 38.8. The van der Waals surface area contributed by atoms with Crippen molar-refractivity contribution in [1.29, 1.82) is 0 Å². The number of aliphatic carboxylic acids is 1. The third-order valence-corrected chi connectivity index (χ3v) is 4.23. The van der Waals surface area contributed by atoms with Crippen LogP contribution in [0.15, 0.2) is 23.1 Å². The molecule has 0 heterocycles. The van der Waals surface area contributed by atoms with Gasteiger partial charge in [-0.15, -0.1) is 0 Å². The zero-order valence-corrected chi connectivity index (χ0v) is 11.6. The minimum atomic E-state index is -3.88. The van der Waals surface area contributed by atoms with Gasteiger partial charge in [0.2, 0.25) is 10.0 Å². The number of sulfonamides is 1. The minimum Gasteiger partial charge on any atom is -0.481 e. The van der Waals surface area contributed by atoms with Crippen LogP contribution in [0.4, 0.5) is 4.39 Å². The summed E-state index contributed by atoms with van der Waals surface area (Å²) in [5, 5.41) is 8.34. The van der Waals surface area contributed by atoms with Crippen LogP contribution in [0.3, 0.4) is 0 Å². The summed E-state index contributed by atoms with van der Waals surface area (Å²) in [6, 6.07) is 2.94. The first kappa shape index (κ1) is 15.9. The molecule has 1 atom stereocenters. The second-order valence-corrected chi connectivity index (χ2v) is 6.27. The monoisotopic (exact) mass is 309 g/mol. The van der Waals surface area contributed by atoms with E-state index in [1.807, 2.05) is 0 Å². The van der Waals surface area contributed by atoms with Gasteiger partial charge >= 0.3 is 5.97 Å². The summed E-state index contributed by atoms with van der Waals surface area (Å²) in [5.41, 5.74) is 0. The average Bonchev–Trinajstić information content (AvgIpc) is 2.25. The number of carbonyl (C=O) groups is 1. The molecule has 19 heavy (non-hydrogen) atoms. The highest BCUT2D eigenvalue weighted by Crippen LogP contribution is 2.22. The van der Waals surface area contributed by atoms with Crippen LogP contribution in [0.1, 0.15) is 13.3 Å². The predicted octanol–water partition coefficient (Wildman–Crippen LogP) is 1.87. The lowest BCUT2D eigenvalue weighted by Gasteiger charge is -2.11. The third-order valence-electron chi connectivity index (χ3n) is 2.33. The van der Waals surface area contributed by atoms with E-state index in [0.29, 0.717) is 0 Å². The molecule has 2 N–H and O–H groups in total. The van der Waals surface area contributed by atoms with E-state index in [2.05, 4.69) is 4.72 Å². The van der Waals surface area contributed by atoms with E-state index in [4.69, 9.17) is 16.7 Å². The van der Waals surface area contributed by atoms with Crippen LogP contribution in [0.5, 0.6) is 0 Å². The standard InChI is InChI=1S/C11H13ClFNO4S/c1-7(4-11(15)16)6-14-19(17,18)10-3-2-8(13)5-9(10)12/h2-3,5,7,14H,4,6H2,1H3,(H,15,16). The van der Waals surface area contributed by atoms with Crippen LogP contribution in [0.25, 0.3) is 0 Å². The van der Waals surface area contributed by atoms with Gasteiger partial charge in [-0.2, -0.15) is 0 Å². The van der Waals surface area contributed by atoms with E-state index in [0.717, 1.165) is 18.2 Å². The highest BCUT2D eigenvalue weighted by molar-refractivity contribution is 7.89. The van der Waals surface area contributed by atoms with Gasteiger partial charge in [0.25, 0.3) is 0 Å². The van der Waals surface area contributed by atoms with Crippen LogP contribution >= 0.6 is 11.6 Å². The summed E-state index contributed by atoms with van der Waals surface area (Å²) in [4.78, 5) is 10.2. The van der Waals surface area contributed by atoms with Gasteiger partial charge in [-0.25, -0.2) is 17.5 Å². The lowest BCUT2D eigenvalue weighted by Crippen LogP contribution is -2.29. The lowest BCUT2D eigenvalue weighted by molar-refractivity contribution is -0.137. The Morgan fingerprint density at radius 2 is 2.16 bits per heavy atom. The van der Waals surface area contributed by atoms with Crippen molar-refractivity contribution in [3.8, 4) is 0 Å². The van der Waals surface area contributed by atoms with Gasteiger partial charge in [-0.1, -0.05) is 18.5 Å². The van der Waals surface area contributed by atoms with Crippen molar-refractivity contribution in [2.24, 2.45) is 5.92 Å². The molecule has 0 aromatic heterocycles. The summed E-state index contributed by atoms with van der Waals surface area (Å²) in [7, 11) is -3.88. The molecule has 0 fully saturated rings. The van der Waals surface area contributed by atoms with Crippen molar-refractivity contribution in [2.75, 3.05) is 6.54 Å². The number of hydrogen-bond acceptors (Lipinski definition) is 3. The molecule has 0 aliphatic heterocycles. The molecule has 106 valence electrons. The number of nitrogens with one attached hydrogen (secondary N) is 1. The molecule has 1 aromatic carbocycles. The van der Waals surface area contributed by atoms with E-state index >= 15 is 0 Å². The zero-order valence-electron chi connectivity index (χ0n) is 10.1. The molecule has 8 heteroatoms. The first-order valence-electron chi connectivity index (χ1n) is 5.39. The highest BCUT2D eigenvalue weighted by atomic mass is 35.5. The Morgan fingerprint density at radius 1 is 1.53 bits per heavy atom. The van der Waals surface area contributed by atoms with Gasteiger partial charge in [0.15, 0.2) is 0 Å². The highest BCUT2D eigenvalue weighted by Gasteiger charge is 2.19. The number of rotatable bonds is 6. The van der Waals surface area contributed by atoms with Gasteiger partial charge in [0, 0.05) is 13.0 Å². The van der Waals surface area contributed by atoms with Crippen LogP contribution in [-0.2, 0) is 14.8 Å². The van der Waals surface area contributed by atoms with Crippen LogP contribution in [0, 0.1) is 11.7 Å². The van der Waals surface area contributed by atoms with Gasteiger partial charge in [-0.3, -0.25) is 4.79 Å². The van der Waals surface area contributed by atoms with Gasteiger partial charge in [0.05, 0.1) is 5.02 Å². The minimum absolute atomic E-state index is 0.0393. The maximum atomic E-state index is 12.8. The van der Waals surface area contributed by atoms with Gasteiger partial charge < -0.3 is 5.11 Å². The normalized spacial score (nSPS) is 13.2. The van der Waals surface area contributed by atoms with Crippen molar-refractivity contribution < 1.29 is 22.7 Å². The molecule has 0 aliphatic carbocycles. The second kappa shape index (κ2) is 6.31. The molecule has 1 unspecified atom stereocenters. The van der Waals surface area contributed by atoms with Crippen molar-refractivity contribution in [2.45, 2.75) is 18.2 Å². The molecule has 0 bridgehead atoms. The Morgan fingerprint density at radius 3 is 2.68 bits per heavy atom. The Balaban J connectivity index is 2.79. The Kier molecular flexibility index (Phi) is 5.28. The van der Waals surface area contributed by atoms with Crippen molar-refractivity contribution in [3.05, 3.63) is 29.0 Å². The van der Waals surface area contributed by atoms with E-state index in [9.17, 15) is 17.6 Å². The molecule has 0 saturated heterocycles. The zero-order chi connectivity index (χ0) is 14.6. The van der Waals surface area contributed by atoms with E-state index < -0.39 is 21.8 Å². The van der Waals surface area contributed by atoms with E-state index in [-0.39, 0.29) is 28.8 Å². The molecule has 0 saturated carbocycles. The fraction of sp³-hybridized carbons (Fsp3) is 0.364. The fourth-order valence-electron chi connectivity index (χ4n) is 1.39. The van der Waals surface area contributed by atoms with Gasteiger partial charge in [-0.05, 0) is 24.1 Å². The summed E-state index contributed by atoms with van der Waals surface area (Å²) in [6.07, 6.45) is -0.153. The third kappa shape index (κ3) is 4.77. The number of hydrogen-bond donors (Lipinski definition) is 2. The largest absolute Gasteiger partial charge is 0.481 e. The molecule has 1 aromatic rings. The number of carboxylic acids is 1. The van der Waals surface area contributed by atoms with E-state index in [1.54, 1.807) is 6.92 Å². The Labute approximate surface area is 115 Å². The van der Waals surface area contributed by atoms with E-state index in [1.165, 1.54) is 0 Å². The maximum Gasteiger partial charge on any atom is 0.303 e. The molecule has 0 radical (unpaired) electrons. The van der Waals surface area contributed by atoms with Crippen LogP contribution in [-0.4, -0.2) is 26.0 Å². The van der Waals surface area contributed by atoms with Gasteiger partial charge in [0.1, 0.15) is 10.7 Å². The molecule has 0 aliphatic rings. The topological polar surface area (TPSA) is 83.5 Å².